The number of allylic oxidation sites excluding steroid dienone is 2. The SMILES string of the molecule is C#CCn1nnc2ccc(Nc3ncc(N4CCCCC4)c(N)n3)cc21.CC=C(C)C.C[O-].[CH3-].[Cs+].[K+]. The minimum atomic E-state index is 0. The molecule has 1 aromatic carbocycles. The predicted octanol–water partition coefficient (Wildman–Crippen LogP) is -2.42. The molecule has 1 aliphatic heterocycles. The third-order valence-corrected chi connectivity index (χ3v) is 5.08. The zero-order chi connectivity index (χ0) is 24.2. The Balaban J connectivity index is 0. The van der Waals surface area contributed by atoms with Gasteiger partial charge in [0.2, 0.25) is 5.95 Å². The van der Waals surface area contributed by atoms with Gasteiger partial charge in [0.25, 0.3) is 0 Å². The second-order valence-electron chi connectivity index (χ2n) is 7.66. The number of terminal acetylenes is 1. The van der Waals surface area contributed by atoms with E-state index >= 15 is 0 Å². The van der Waals surface area contributed by atoms with Gasteiger partial charge in [0.05, 0.1) is 17.4 Å². The molecule has 3 N–H and O–H groups in total. The van der Waals surface area contributed by atoms with Crippen molar-refractivity contribution in [2.24, 2.45) is 0 Å². The van der Waals surface area contributed by atoms with E-state index in [1.54, 1.807) is 10.9 Å². The number of rotatable bonds is 4. The van der Waals surface area contributed by atoms with E-state index in [9.17, 15) is 0 Å². The summed E-state index contributed by atoms with van der Waals surface area (Å²) >= 11 is 0. The van der Waals surface area contributed by atoms with Crippen molar-refractivity contribution in [3.05, 3.63) is 43.5 Å². The van der Waals surface area contributed by atoms with Crippen LogP contribution in [0.2, 0.25) is 0 Å². The summed E-state index contributed by atoms with van der Waals surface area (Å²) in [5.41, 5.74) is 10.9. The first-order valence-electron chi connectivity index (χ1n) is 10.9. The van der Waals surface area contributed by atoms with Gasteiger partial charge in [-0.1, -0.05) is 22.8 Å². The number of fused-ring (bicyclic) bond motifs is 1. The third kappa shape index (κ3) is 11.8. The van der Waals surface area contributed by atoms with E-state index in [4.69, 9.17) is 17.3 Å². The summed E-state index contributed by atoms with van der Waals surface area (Å²) in [6.07, 6.45) is 12.9. The molecule has 4 rings (SSSR count). The Labute approximate surface area is 317 Å². The largest absolute Gasteiger partial charge is 1.00 e. The summed E-state index contributed by atoms with van der Waals surface area (Å²) in [7, 11) is 0.750. The minimum Gasteiger partial charge on any atom is -0.857 e. The van der Waals surface area contributed by atoms with Gasteiger partial charge in [-0.25, -0.2) is 9.67 Å². The number of anilines is 4. The van der Waals surface area contributed by atoms with Crippen LogP contribution in [0.5, 0.6) is 0 Å². The first-order valence-corrected chi connectivity index (χ1v) is 10.9. The normalized spacial score (nSPS) is 11.5. The molecule has 1 aliphatic rings. The van der Waals surface area contributed by atoms with Gasteiger partial charge in [0.1, 0.15) is 12.1 Å². The smallest absolute Gasteiger partial charge is 0.857 e. The van der Waals surface area contributed by atoms with Gasteiger partial charge < -0.3 is 28.5 Å². The molecule has 1 fully saturated rings. The Kier molecular flexibility index (Phi) is 22.2. The van der Waals surface area contributed by atoms with E-state index in [2.05, 4.69) is 56.3 Å². The molecule has 0 radical (unpaired) electrons. The molecule has 9 nitrogen and oxygen atoms in total. The number of hydrogen-bond donors (Lipinski definition) is 2. The van der Waals surface area contributed by atoms with E-state index in [1.165, 1.54) is 24.8 Å². The number of aromatic nitrogens is 5. The average molecular weight is 637 g/mol. The fourth-order valence-corrected chi connectivity index (χ4v) is 3.20. The molecule has 0 unspecified atom stereocenters. The number of nitrogens with two attached hydrogens (primary N) is 1. The molecule has 1 saturated heterocycles. The van der Waals surface area contributed by atoms with Crippen molar-refractivity contribution < 1.29 is 125 Å². The summed E-state index contributed by atoms with van der Waals surface area (Å²) < 4.78 is 1.68. The van der Waals surface area contributed by atoms with E-state index in [1.807, 2.05) is 25.1 Å². The molecule has 0 saturated carbocycles. The Hall–Kier alpha value is 0.0483. The molecular formula is C25H36CsKN8O. The first-order chi connectivity index (χ1) is 16.0. The van der Waals surface area contributed by atoms with Gasteiger partial charge in [0.15, 0.2) is 5.82 Å². The first kappa shape index (κ1) is 38.2. The topological polar surface area (TPSA) is 121 Å². The van der Waals surface area contributed by atoms with Gasteiger partial charge in [-0.2, -0.15) is 12.1 Å². The quantitative estimate of drug-likeness (QED) is 0.141. The summed E-state index contributed by atoms with van der Waals surface area (Å²) in [5.74, 6) is 3.52. The molecule has 11 heteroatoms. The van der Waals surface area contributed by atoms with Crippen molar-refractivity contribution in [2.75, 3.05) is 36.1 Å². The predicted molar refractivity (Wildman–Crippen MR) is 140 cm³/mol. The third-order valence-electron chi connectivity index (χ3n) is 5.08. The van der Waals surface area contributed by atoms with Crippen LogP contribution in [0.4, 0.5) is 23.1 Å². The van der Waals surface area contributed by atoms with Crippen molar-refractivity contribution >= 4 is 34.2 Å². The number of piperidine rings is 1. The summed E-state index contributed by atoms with van der Waals surface area (Å²) in [4.78, 5) is 11.1. The average Bonchev–Trinajstić information content (AvgIpc) is 3.24. The molecule has 0 amide bonds. The Bertz CT molecular complexity index is 1100. The summed E-state index contributed by atoms with van der Waals surface area (Å²) in [6, 6.07) is 5.70. The fraction of sp³-hybridized carbons (Fsp3) is 0.400. The van der Waals surface area contributed by atoms with E-state index < -0.39 is 0 Å². The molecular weight excluding hydrogens is 600 g/mol. The molecule has 0 spiro atoms. The Morgan fingerprint density at radius 1 is 1.22 bits per heavy atom. The number of nitrogens with one attached hydrogen (secondary N) is 1. The van der Waals surface area contributed by atoms with Crippen molar-refractivity contribution in [1.82, 2.24) is 25.0 Å². The van der Waals surface area contributed by atoms with Crippen molar-refractivity contribution in [3.8, 4) is 12.3 Å². The van der Waals surface area contributed by atoms with E-state index in [0.29, 0.717) is 18.3 Å². The molecule has 0 bridgehead atoms. The molecule has 0 atom stereocenters. The van der Waals surface area contributed by atoms with Crippen LogP contribution < -0.4 is 141 Å². The van der Waals surface area contributed by atoms with Crippen LogP contribution in [0.3, 0.4) is 0 Å². The maximum atomic E-state index is 8.25. The zero-order valence-corrected chi connectivity index (χ0v) is 32.3. The van der Waals surface area contributed by atoms with Gasteiger partial charge >= 0.3 is 120 Å². The van der Waals surface area contributed by atoms with E-state index in [0.717, 1.165) is 42.6 Å². The summed E-state index contributed by atoms with van der Waals surface area (Å²) in [6.45, 7) is 8.58. The number of nitrogens with zero attached hydrogens (tertiary/aromatic N) is 6. The molecule has 3 heterocycles. The maximum Gasteiger partial charge on any atom is 1.00 e. The van der Waals surface area contributed by atoms with Crippen LogP contribution in [0, 0.1) is 19.8 Å². The fourth-order valence-electron chi connectivity index (χ4n) is 3.20. The monoisotopic (exact) mass is 636 g/mol. The van der Waals surface area contributed by atoms with Crippen LogP contribution in [-0.2, 0) is 6.54 Å². The minimum absolute atomic E-state index is 0. The molecule has 0 aliphatic carbocycles. The number of benzene rings is 1. The number of nitrogen functional groups attached to an aromatic ring is 1. The van der Waals surface area contributed by atoms with Crippen LogP contribution in [0.1, 0.15) is 40.0 Å². The number of hydrogen-bond acceptors (Lipinski definition) is 8. The Morgan fingerprint density at radius 3 is 2.42 bits per heavy atom. The molecule has 184 valence electrons. The second-order valence-corrected chi connectivity index (χ2v) is 7.66. The van der Waals surface area contributed by atoms with Crippen molar-refractivity contribution in [2.45, 2.75) is 46.6 Å². The second kappa shape index (κ2) is 20.9. The van der Waals surface area contributed by atoms with Gasteiger partial charge in [-0.05, 0) is 58.2 Å². The van der Waals surface area contributed by atoms with E-state index in [-0.39, 0.29) is 128 Å². The van der Waals surface area contributed by atoms with Crippen molar-refractivity contribution in [1.29, 1.82) is 0 Å². The van der Waals surface area contributed by atoms with Crippen LogP contribution in [0.25, 0.3) is 11.0 Å². The zero-order valence-electron chi connectivity index (χ0n) is 22.9. The molecule has 2 aromatic heterocycles. The van der Waals surface area contributed by atoms with Crippen molar-refractivity contribution in [3.63, 3.8) is 0 Å². The Morgan fingerprint density at radius 2 is 1.86 bits per heavy atom. The van der Waals surface area contributed by atoms with Crippen LogP contribution in [0.15, 0.2) is 36.0 Å². The van der Waals surface area contributed by atoms with Crippen LogP contribution in [-0.4, -0.2) is 45.2 Å². The van der Waals surface area contributed by atoms with Gasteiger partial charge in [0, 0.05) is 18.8 Å². The molecule has 36 heavy (non-hydrogen) atoms. The standard InChI is InChI=1S/C18H20N8.C5H10.CH3O.CH3.Cs.K/c1-2-8-26-15-11-13(6-7-14(15)23-24-26)21-18-20-12-16(17(19)22-18)25-9-4-3-5-10-25;1-4-5(2)3;1-2;;;/h1,6-7,11-12H,3-5,8-10H2,(H3,19,20,21,22);4H,1-3H3;1H3;1H3;;/q;;2*-1;2*+1. The van der Waals surface area contributed by atoms with Crippen LogP contribution >= 0.6 is 0 Å². The molecule has 3 aromatic rings. The maximum absolute atomic E-state index is 8.25. The summed E-state index contributed by atoms with van der Waals surface area (Å²) in [5, 5.41) is 19.6. The van der Waals surface area contributed by atoms with Gasteiger partial charge in [-0.3, -0.25) is 0 Å². The van der Waals surface area contributed by atoms with Gasteiger partial charge in [-0.15, -0.1) is 11.5 Å².